The van der Waals surface area contributed by atoms with Crippen molar-refractivity contribution in [3.8, 4) is 6.07 Å². The van der Waals surface area contributed by atoms with Crippen LogP contribution in [-0.4, -0.2) is 15.3 Å². The maximum absolute atomic E-state index is 12.6. The van der Waals surface area contributed by atoms with Gasteiger partial charge >= 0.3 is 0 Å². The lowest BCUT2D eigenvalue weighted by molar-refractivity contribution is 0.475. The van der Waals surface area contributed by atoms with Crippen molar-refractivity contribution in [1.29, 1.82) is 5.26 Å². The molecule has 0 aliphatic rings. The van der Waals surface area contributed by atoms with E-state index in [1.807, 2.05) is 31.2 Å². The average Bonchev–Trinajstić information content (AvgIpc) is 2.47. The highest BCUT2D eigenvalue weighted by Crippen LogP contribution is 2.20. The minimum atomic E-state index is -0.0640. The number of nitriles is 1. The number of hydrogen-bond donors (Lipinski definition) is 0. The molecule has 2 rings (SSSR count). The zero-order chi connectivity index (χ0) is 15.4. The quantitative estimate of drug-likeness (QED) is 0.628. The Kier molecular flexibility index (Phi) is 5.03. The van der Waals surface area contributed by atoms with Crippen molar-refractivity contribution in [2.45, 2.75) is 32.5 Å². The van der Waals surface area contributed by atoms with E-state index in [1.54, 1.807) is 4.57 Å². The largest absolute Gasteiger partial charge is 0.287 e. The number of aromatic nitrogens is 2. The lowest BCUT2D eigenvalue weighted by Crippen LogP contribution is -2.25. The molecule has 2 aromatic rings. The van der Waals surface area contributed by atoms with Gasteiger partial charge in [-0.25, -0.2) is 4.98 Å². The van der Waals surface area contributed by atoms with E-state index in [1.165, 1.54) is 11.8 Å². The molecule has 1 aromatic heterocycles. The molecule has 0 radical (unpaired) electrons. The van der Waals surface area contributed by atoms with Crippen molar-refractivity contribution < 1.29 is 0 Å². The Hall–Kier alpha value is -1.80. The second-order valence-corrected chi connectivity index (χ2v) is 6.55. The molecule has 0 saturated heterocycles. The van der Waals surface area contributed by atoms with Gasteiger partial charge in [0, 0.05) is 12.3 Å². The molecule has 0 amide bonds. The Morgan fingerprint density at radius 2 is 2.05 bits per heavy atom. The van der Waals surface area contributed by atoms with Gasteiger partial charge in [0.1, 0.15) is 0 Å². The third kappa shape index (κ3) is 3.64. The summed E-state index contributed by atoms with van der Waals surface area (Å²) in [7, 11) is 0. The van der Waals surface area contributed by atoms with E-state index in [4.69, 9.17) is 5.26 Å². The molecule has 1 aromatic carbocycles. The number of nitrogens with zero attached hydrogens (tertiary/aromatic N) is 3. The first-order valence-electron chi connectivity index (χ1n) is 7.05. The number of benzene rings is 1. The Balaban J connectivity index is 2.50. The van der Waals surface area contributed by atoms with Gasteiger partial charge in [-0.2, -0.15) is 5.26 Å². The van der Waals surface area contributed by atoms with Gasteiger partial charge < -0.3 is 0 Å². The van der Waals surface area contributed by atoms with Crippen LogP contribution in [0.25, 0.3) is 10.9 Å². The van der Waals surface area contributed by atoms with Gasteiger partial charge in [-0.1, -0.05) is 37.7 Å². The molecule has 1 atom stereocenters. The van der Waals surface area contributed by atoms with E-state index in [2.05, 4.69) is 24.9 Å². The zero-order valence-corrected chi connectivity index (χ0v) is 13.4. The van der Waals surface area contributed by atoms with Crippen LogP contribution in [0.15, 0.2) is 34.2 Å². The summed E-state index contributed by atoms with van der Waals surface area (Å²) in [6, 6.07) is 9.62. The lowest BCUT2D eigenvalue weighted by Gasteiger charge is -2.15. The predicted octanol–water partition coefficient (Wildman–Crippen LogP) is 3.30. The van der Waals surface area contributed by atoms with Gasteiger partial charge in [0.05, 0.1) is 22.9 Å². The van der Waals surface area contributed by atoms with Crippen LogP contribution in [0.5, 0.6) is 0 Å². The molecule has 0 spiro atoms. The van der Waals surface area contributed by atoms with E-state index < -0.39 is 0 Å². The summed E-state index contributed by atoms with van der Waals surface area (Å²) in [5.41, 5.74) is 0.719. The Bertz CT molecular complexity index is 730. The van der Waals surface area contributed by atoms with Gasteiger partial charge in [0.15, 0.2) is 5.16 Å². The fourth-order valence-corrected chi connectivity index (χ4v) is 2.97. The van der Waals surface area contributed by atoms with E-state index in [0.29, 0.717) is 28.8 Å². The van der Waals surface area contributed by atoms with Gasteiger partial charge in [0.25, 0.3) is 5.56 Å². The number of rotatable bonds is 5. The molecule has 5 heteroatoms. The smallest absolute Gasteiger partial charge is 0.262 e. The topological polar surface area (TPSA) is 58.7 Å². The molecule has 0 fully saturated rings. The minimum Gasteiger partial charge on any atom is -0.287 e. The third-order valence-electron chi connectivity index (χ3n) is 3.06. The van der Waals surface area contributed by atoms with Gasteiger partial charge in [0.2, 0.25) is 0 Å². The SMILES string of the molecule is CC(C)Cn1c(SC[C@@H](C)C#N)nc2ccccc2c1=O. The first-order valence-corrected chi connectivity index (χ1v) is 8.03. The number of fused-ring (bicyclic) bond motifs is 1. The maximum atomic E-state index is 12.6. The normalized spacial score (nSPS) is 12.5. The first kappa shape index (κ1) is 15.6. The highest BCUT2D eigenvalue weighted by atomic mass is 32.2. The van der Waals surface area contributed by atoms with Crippen molar-refractivity contribution in [2.24, 2.45) is 11.8 Å². The van der Waals surface area contributed by atoms with E-state index in [0.717, 1.165) is 5.52 Å². The fourth-order valence-electron chi connectivity index (χ4n) is 2.02. The molecule has 0 aliphatic heterocycles. The Morgan fingerprint density at radius 1 is 1.33 bits per heavy atom. The summed E-state index contributed by atoms with van der Waals surface area (Å²) >= 11 is 1.48. The van der Waals surface area contributed by atoms with Crippen LogP contribution in [0.4, 0.5) is 0 Å². The van der Waals surface area contributed by atoms with Crippen molar-refractivity contribution in [2.75, 3.05) is 5.75 Å². The number of hydrogen-bond acceptors (Lipinski definition) is 4. The number of para-hydroxylation sites is 1. The fraction of sp³-hybridized carbons (Fsp3) is 0.438. The maximum Gasteiger partial charge on any atom is 0.262 e. The second-order valence-electron chi connectivity index (χ2n) is 5.56. The highest BCUT2D eigenvalue weighted by Gasteiger charge is 2.13. The summed E-state index contributed by atoms with van der Waals surface area (Å²) in [6.07, 6.45) is 0. The van der Waals surface area contributed by atoms with Crippen LogP contribution in [-0.2, 0) is 6.54 Å². The Labute approximate surface area is 128 Å². The van der Waals surface area contributed by atoms with Crippen LogP contribution < -0.4 is 5.56 Å². The highest BCUT2D eigenvalue weighted by molar-refractivity contribution is 7.99. The monoisotopic (exact) mass is 301 g/mol. The van der Waals surface area contributed by atoms with E-state index in [9.17, 15) is 4.79 Å². The Morgan fingerprint density at radius 3 is 2.71 bits per heavy atom. The van der Waals surface area contributed by atoms with Crippen LogP contribution in [0.2, 0.25) is 0 Å². The third-order valence-corrected chi connectivity index (χ3v) is 4.29. The van der Waals surface area contributed by atoms with Gasteiger partial charge in [-0.05, 0) is 25.0 Å². The van der Waals surface area contributed by atoms with E-state index >= 15 is 0 Å². The first-order chi connectivity index (χ1) is 10.0. The van der Waals surface area contributed by atoms with Crippen LogP contribution in [0, 0.1) is 23.2 Å². The summed E-state index contributed by atoms with van der Waals surface area (Å²) < 4.78 is 1.74. The van der Waals surface area contributed by atoms with Crippen molar-refractivity contribution in [1.82, 2.24) is 9.55 Å². The molecular weight excluding hydrogens is 282 g/mol. The molecule has 1 heterocycles. The van der Waals surface area contributed by atoms with Gasteiger partial charge in [-0.15, -0.1) is 0 Å². The van der Waals surface area contributed by atoms with Crippen molar-refractivity contribution in [3.05, 3.63) is 34.6 Å². The molecule has 0 aliphatic carbocycles. The summed E-state index contributed by atoms with van der Waals surface area (Å²) in [5.74, 6) is 0.934. The molecular formula is C16H19N3OS. The molecule has 4 nitrogen and oxygen atoms in total. The van der Waals surface area contributed by atoms with Crippen molar-refractivity contribution >= 4 is 22.7 Å². The van der Waals surface area contributed by atoms with Crippen LogP contribution in [0.1, 0.15) is 20.8 Å². The van der Waals surface area contributed by atoms with E-state index in [-0.39, 0.29) is 11.5 Å². The predicted molar refractivity (Wildman–Crippen MR) is 86.3 cm³/mol. The summed E-state index contributed by atoms with van der Waals surface area (Å²) in [6.45, 7) is 6.67. The van der Waals surface area contributed by atoms with Crippen LogP contribution >= 0.6 is 11.8 Å². The summed E-state index contributed by atoms with van der Waals surface area (Å²) in [4.78, 5) is 17.3. The molecule has 0 N–H and O–H groups in total. The van der Waals surface area contributed by atoms with Gasteiger partial charge in [-0.3, -0.25) is 9.36 Å². The lowest BCUT2D eigenvalue weighted by atomic mass is 10.2. The molecule has 0 unspecified atom stereocenters. The molecule has 21 heavy (non-hydrogen) atoms. The summed E-state index contributed by atoms with van der Waals surface area (Å²) in [5, 5.41) is 10.3. The number of thioether (sulfide) groups is 1. The average molecular weight is 301 g/mol. The van der Waals surface area contributed by atoms with Crippen molar-refractivity contribution in [3.63, 3.8) is 0 Å². The standard InChI is InChI=1S/C16H19N3OS/c1-11(2)9-19-15(20)13-6-4-5-7-14(13)18-16(19)21-10-12(3)8-17/h4-7,11-12H,9-10H2,1-3H3/t12-/m0/s1. The minimum absolute atomic E-state index is 0.00131. The zero-order valence-electron chi connectivity index (χ0n) is 12.5. The van der Waals surface area contributed by atoms with Crippen LogP contribution in [0.3, 0.4) is 0 Å². The second kappa shape index (κ2) is 6.77. The molecule has 110 valence electrons. The molecule has 0 saturated carbocycles. The molecule has 0 bridgehead atoms.